The molecule has 1 aliphatic heterocycles. The molecule has 0 bridgehead atoms. The van der Waals surface area contributed by atoms with E-state index in [0.717, 1.165) is 26.1 Å². The molecule has 0 aromatic heterocycles. The fraction of sp³-hybridized carbons (Fsp3) is 0.833. The number of likely N-dealkylation sites (N-methyl/N-ethyl adjacent to an activating group) is 1. The summed E-state index contributed by atoms with van der Waals surface area (Å²) >= 11 is 0. The number of carboxylic acid groups (broad SMARTS) is 1. The molecule has 2 N–H and O–H groups in total. The van der Waals surface area contributed by atoms with Crippen molar-refractivity contribution in [2.24, 2.45) is 0 Å². The van der Waals surface area contributed by atoms with Crippen LogP contribution in [0.4, 0.5) is 4.79 Å². The predicted molar refractivity (Wildman–Crippen MR) is 68.6 cm³/mol. The highest BCUT2D eigenvalue weighted by molar-refractivity contribution is 5.82. The Labute approximate surface area is 108 Å². The SMILES string of the molecule is CCCC(NC(=O)N1CCN(CC)CC1)C(=O)O. The number of nitrogens with one attached hydrogen (secondary N) is 1. The molecular weight excluding hydrogens is 234 g/mol. The van der Waals surface area contributed by atoms with Crippen molar-refractivity contribution in [3.63, 3.8) is 0 Å². The van der Waals surface area contributed by atoms with Crippen LogP contribution in [-0.4, -0.2) is 65.7 Å². The van der Waals surface area contributed by atoms with Gasteiger partial charge in [-0.3, -0.25) is 0 Å². The molecule has 2 amide bonds. The fourth-order valence-electron chi connectivity index (χ4n) is 2.05. The molecule has 1 unspecified atom stereocenters. The largest absolute Gasteiger partial charge is 0.480 e. The number of carbonyl (C=O) groups excluding carboxylic acids is 1. The van der Waals surface area contributed by atoms with Gasteiger partial charge >= 0.3 is 12.0 Å². The molecule has 6 heteroatoms. The van der Waals surface area contributed by atoms with E-state index < -0.39 is 12.0 Å². The molecule has 0 radical (unpaired) electrons. The lowest BCUT2D eigenvalue weighted by Crippen LogP contribution is -2.54. The minimum Gasteiger partial charge on any atom is -0.480 e. The molecule has 0 saturated carbocycles. The lowest BCUT2D eigenvalue weighted by Gasteiger charge is -2.34. The van der Waals surface area contributed by atoms with Crippen molar-refractivity contribution >= 4 is 12.0 Å². The number of carbonyl (C=O) groups is 2. The van der Waals surface area contributed by atoms with Crippen LogP contribution in [0.2, 0.25) is 0 Å². The summed E-state index contributed by atoms with van der Waals surface area (Å²) in [5, 5.41) is 11.6. The van der Waals surface area contributed by atoms with E-state index in [9.17, 15) is 9.59 Å². The Hall–Kier alpha value is -1.30. The van der Waals surface area contributed by atoms with E-state index in [1.165, 1.54) is 0 Å². The van der Waals surface area contributed by atoms with Gasteiger partial charge in [-0.15, -0.1) is 0 Å². The van der Waals surface area contributed by atoms with Crippen LogP contribution >= 0.6 is 0 Å². The molecule has 6 nitrogen and oxygen atoms in total. The second-order valence-electron chi connectivity index (χ2n) is 4.55. The number of aliphatic carboxylic acids is 1. The fourth-order valence-corrected chi connectivity index (χ4v) is 2.05. The van der Waals surface area contributed by atoms with Crippen molar-refractivity contribution < 1.29 is 14.7 Å². The average Bonchev–Trinajstić information content (AvgIpc) is 2.38. The molecular formula is C12H23N3O3. The van der Waals surface area contributed by atoms with Gasteiger partial charge < -0.3 is 20.2 Å². The Morgan fingerprint density at radius 2 is 1.83 bits per heavy atom. The minimum atomic E-state index is -0.961. The average molecular weight is 257 g/mol. The van der Waals surface area contributed by atoms with Crippen LogP contribution in [0.5, 0.6) is 0 Å². The second kappa shape index (κ2) is 7.20. The number of amides is 2. The number of nitrogens with zero attached hydrogens (tertiary/aromatic N) is 2. The maximum absolute atomic E-state index is 11.9. The second-order valence-corrected chi connectivity index (χ2v) is 4.55. The van der Waals surface area contributed by atoms with Gasteiger partial charge in [0, 0.05) is 26.2 Å². The number of urea groups is 1. The topological polar surface area (TPSA) is 72.9 Å². The van der Waals surface area contributed by atoms with E-state index in [2.05, 4.69) is 17.1 Å². The number of piperazine rings is 1. The normalized spacial score (nSPS) is 18.4. The van der Waals surface area contributed by atoms with Crippen molar-refractivity contribution in [3.05, 3.63) is 0 Å². The zero-order valence-electron chi connectivity index (χ0n) is 11.2. The molecule has 0 aliphatic carbocycles. The first-order valence-electron chi connectivity index (χ1n) is 6.59. The van der Waals surface area contributed by atoms with E-state index in [0.29, 0.717) is 19.5 Å². The van der Waals surface area contributed by atoms with Gasteiger partial charge in [0.15, 0.2) is 0 Å². The lowest BCUT2D eigenvalue weighted by atomic mass is 10.2. The number of rotatable bonds is 5. The van der Waals surface area contributed by atoms with Crippen LogP contribution in [0.1, 0.15) is 26.7 Å². The molecule has 1 atom stereocenters. The van der Waals surface area contributed by atoms with Crippen LogP contribution in [0.25, 0.3) is 0 Å². The third-order valence-corrected chi connectivity index (χ3v) is 3.28. The first-order chi connectivity index (χ1) is 8.58. The van der Waals surface area contributed by atoms with Gasteiger partial charge in [-0.25, -0.2) is 9.59 Å². The van der Waals surface area contributed by atoms with Gasteiger partial charge in [-0.2, -0.15) is 0 Å². The number of hydrogen-bond acceptors (Lipinski definition) is 3. The highest BCUT2D eigenvalue weighted by Crippen LogP contribution is 2.03. The molecule has 1 saturated heterocycles. The highest BCUT2D eigenvalue weighted by atomic mass is 16.4. The maximum Gasteiger partial charge on any atom is 0.326 e. The highest BCUT2D eigenvalue weighted by Gasteiger charge is 2.24. The van der Waals surface area contributed by atoms with Crippen LogP contribution in [-0.2, 0) is 4.79 Å². The van der Waals surface area contributed by atoms with E-state index >= 15 is 0 Å². The van der Waals surface area contributed by atoms with Crippen LogP contribution < -0.4 is 5.32 Å². The zero-order chi connectivity index (χ0) is 13.5. The van der Waals surface area contributed by atoms with Crippen LogP contribution in [0.3, 0.4) is 0 Å². The first kappa shape index (κ1) is 14.8. The molecule has 104 valence electrons. The molecule has 1 heterocycles. The number of hydrogen-bond donors (Lipinski definition) is 2. The summed E-state index contributed by atoms with van der Waals surface area (Å²) < 4.78 is 0. The monoisotopic (exact) mass is 257 g/mol. The van der Waals surface area contributed by atoms with E-state index in [-0.39, 0.29) is 6.03 Å². The lowest BCUT2D eigenvalue weighted by molar-refractivity contribution is -0.139. The van der Waals surface area contributed by atoms with Gasteiger partial charge in [0.1, 0.15) is 6.04 Å². The Bertz CT molecular complexity index is 288. The van der Waals surface area contributed by atoms with Crippen molar-refractivity contribution in [2.75, 3.05) is 32.7 Å². The number of carboxylic acids is 1. The van der Waals surface area contributed by atoms with E-state index in [1.54, 1.807) is 4.90 Å². The maximum atomic E-state index is 11.9. The molecule has 1 rings (SSSR count). The Morgan fingerprint density at radius 1 is 1.22 bits per heavy atom. The summed E-state index contributed by atoms with van der Waals surface area (Å²) in [4.78, 5) is 26.8. The van der Waals surface area contributed by atoms with Crippen molar-refractivity contribution in [2.45, 2.75) is 32.7 Å². The summed E-state index contributed by atoms with van der Waals surface area (Å²) in [6.45, 7) is 8.03. The molecule has 18 heavy (non-hydrogen) atoms. The van der Waals surface area contributed by atoms with Crippen LogP contribution in [0.15, 0.2) is 0 Å². The van der Waals surface area contributed by atoms with Gasteiger partial charge in [0.05, 0.1) is 0 Å². The van der Waals surface area contributed by atoms with E-state index in [1.807, 2.05) is 6.92 Å². The zero-order valence-corrected chi connectivity index (χ0v) is 11.2. The third-order valence-electron chi connectivity index (χ3n) is 3.28. The van der Waals surface area contributed by atoms with Crippen molar-refractivity contribution in [3.8, 4) is 0 Å². The van der Waals surface area contributed by atoms with Gasteiger partial charge in [-0.1, -0.05) is 20.3 Å². The van der Waals surface area contributed by atoms with Crippen molar-refractivity contribution in [1.82, 2.24) is 15.1 Å². The standard InChI is InChI=1S/C12H23N3O3/c1-3-5-10(11(16)17)13-12(18)15-8-6-14(4-2)7-9-15/h10H,3-9H2,1-2H3,(H,13,18)(H,16,17). The molecule has 0 spiro atoms. The van der Waals surface area contributed by atoms with E-state index in [4.69, 9.17) is 5.11 Å². The third kappa shape index (κ3) is 4.18. The predicted octanol–water partition coefficient (Wildman–Crippen LogP) is 0.587. The minimum absolute atomic E-state index is 0.258. The van der Waals surface area contributed by atoms with Crippen LogP contribution in [0, 0.1) is 0 Å². The first-order valence-corrected chi connectivity index (χ1v) is 6.59. The molecule has 1 fully saturated rings. The summed E-state index contributed by atoms with van der Waals surface area (Å²) in [5.41, 5.74) is 0. The van der Waals surface area contributed by atoms with Gasteiger partial charge in [0.2, 0.25) is 0 Å². The summed E-state index contributed by atoms with van der Waals surface area (Å²) in [7, 11) is 0. The summed E-state index contributed by atoms with van der Waals surface area (Å²) in [6, 6.07) is -1.03. The molecule has 1 aliphatic rings. The Balaban J connectivity index is 2.42. The van der Waals surface area contributed by atoms with Gasteiger partial charge in [-0.05, 0) is 13.0 Å². The summed E-state index contributed by atoms with van der Waals surface area (Å²) in [6.07, 6.45) is 1.21. The molecule has 0 aromatic carbocycles. The van der Waals surface area contributed by atoms with Crippen molar-refractivity contribution in [1.29, 1.82) is 0 Å². The quantitative estimate of drug-likeness (QED) is 0.756. The smallest absolute Gasteiger partial charge is 0.326 e. The molecule has 0 aromatic rings. The van der Waals surface area contributed by atoms with Gasteiger partial charge in [0.25, 0.3) is 0 Å². The Kier molecular flexibility index (Phi) is 5.91. The summed E-state index contributed by atoms with van der Waals surface area (Å²) in [5.74, 6) is -0.961. The Morgan fingerprint density at radius 3 is 2.28 bits per heavy atom.